The summed E-state index contributed by atoms with van der Waals surface area (Å²) in [6.07, 6.45) is 4.49. The fourth-order valence-electron chi connectivity index (χ4n) is 3.09. The fraction of sp³-hybridized carbons (Fsp3) is 0.500. The molecule has 4 amide bonds. The summed E-state index contributed by atoms with van der Waals surface area (Å²) in [5.41, 5.74) is 0.462. The first kappa shape index (κ1) is 18.8. The van der Waals surface area contributed by atoms with Gasteiger partial charge in [-0.15, -0.1) is 0 Å². The topological polar surface area (TPSA) is 90.0 Å². The van der Waals surface area contributed by atoms with E-state index in [2.05, 4.69) is 5.32 Å². The van der Waals surface area contributed by atoms with Gasteiger partial charge >= 0.3 is 18.0 Å². The van der Waals surface area contributed by atoms with E-state index in [9.17, 15) is 19.5 Å². The molecular formula is C18H25N3O4. The Morgan fingerprint density at radius 2 is 1.68 bits per heavy atom. The number of carboxylic acids is 1. The lowest BCUT2D eigenvalue weighted by Gasteiger charge is -2.35. The molecule has 0 heterocycles. The molecule has 1 aliphatic carbocycles. The quantitative estimate of drug-likeness (QED) is 0.876. The minimum absolute atomic E-state index is 0.200. The average Bonchev–Trinajstić information content (AvgIpc) is 2.61. The Labute approximate surface area is 147 Å². The van der Waals surface area contributed by atoms with Gasteiger partial charge in [-0.1, -0.05) is 49.6 Å². The smallest absolute Gasteiger partial charge is 0.330 e. The minimum Gasteiger partial charge on any atom is -0.479 e. The van der Waals surface area contributed by atoms with Crippen LogP contribution in [0.5, 0.6) is 0 Å². The lowest BCUT2D eigenvalue weighted by Crippen LogP contribution is -2.54. The molecule has 1 saturated carbocycles. The highest BCUT2D eigenvalue weighted by molar-refractivity contribution is 5.95. The number of hydrogen-bond acceptors (Lipinski definition) is 3. The van der Waals surface area contributed by atoms with Crippen molar-refractivity contribution in [2.75, 3.05) is 14.1 Å². The first-order valence-corrected chi connectivity index (χ1v) is 8.50. The number of hydrogen-bond donors (Lipinski definition) is 2. The van der Waals surface area contributed by atoms with Crippen LogP contribution < -0.4 is 5.32 Å². The number of amides is 4. The van der Waals surface area contributed by atoms with Gasteiger partial charge in [0.05, 0.1) is 0 Å². The highest BCUT2D eigenvalue weighted by Gasteiger charge is 2.34. The molecule has 0 saturated heterocycles. The van der Waals surface area contributed by atoms with Crippen LogP contribution in [-0.4, -0.2) is 53.1 Å². The molecule has 136 valence electrons. The standard InChI is InChI=1S/C18H25N3O4/c1-20(2)18(25)21(14-11-7-4-8-12-14)17(24)19-15(16(22)23)13-9-5-3-6-10-13/h3,5-6,9-10,14-15H,4,7-8,11-12H2,1-2H3,(H,19,24)(H,22,23). The molecule has 1 unspecified atom stereocenters. The number of urea groups is 2. The zero-order valence-corrected chi connectivity index (χ0v) is 14.6. The highest BCUT2D eigenvalue weighted by atomic mass is 16.4. The predicted molar refractivity (Wildman–Crippen MR) is 93.1 cm³/mol. The molecule has 1 aromatic carbocycles. The van der Waals surface area contributed by atoms with E-state index in [1.807, 2.05) is 0 Å². The summed E-state index contributed by atoms with van der Waals surface area (Å²) in [5.74, 6) is -1.17. The molecule has 1 aliphatic rings. The number of nitrogens with one attached hydrogen (secondary N) is 1. The van der Waals surface area contributed by atoms with E-state index in [1.54, 1.807) is 44.4 Å². The zero-order chi connectivity index (χ0) is 18.4. The van der Waals surface area contributed by atoms with E-state index in [0.29, 0.717) is 5.56 Å². The van der Waals surface area contributed by atoms with E-state index in [-0.39, 0.29) is 6.04 Å². The molecule has 1 fully saturated rings. The van der Waals surface area contributed by atoms with E-state index in [0.717, 1.165) is 32.1 Å². The first-order valence-electron chi connectivity index (χ1n) is 8.50. The summed E-state index contributed by atoms with van der Waals surface area (Å²) in [4.78, 5) is 39.4. The molecule has 0 aromatic heterocycles. The molecular weight excluding hydrogens is 322 g/mol. The Kier molecular flexibility index (Phi) is 6.38. The van der Waals surface area contributed by atoms with Gasteiger partial charge in [-0.05, 0) is 18.4 Å². The number of carbonyl (C=O) groups excluding carboxylic acids is 2. The normalized spacial score (nSPS) is 15.9. The van der Waals surface area contributed by atoms with Crippen LogP contribution in [0.2, 0.25) is 0 Å². The van der Waals surface area contributed by atoms with Gasteiger partial charge in [0.2, 0.25) is 0 Å². The maximum Gasteiger partial charge on any atom is 0.330 e. The number of imide groups is 1. The Balaban J connectivity index is 2.22. The second kappa shape index (κ2) is 8.50. The Bertz CT molecular complexity index is 612. The first-order chi connectivity index (χ1) is 11.9. The van der Waals surface area contributed by atoms with Gasteiger partial charge in [0.25, 0.3) is 0 Å². The number of benzene rings is 1. The van der Waals surface area contributed by atoms with Crippen molar-refractivity contribution in [1.82, 2.24) is 15.1 Å². The van der Waals surface area contributed by atoms with Crippen LogP contribution in [0.4, 0.5) is 9.59 Å². The van der Waals surface area contributed by atoms with Crippen molar-refractivity contribution < 1.29 is 19.5 Å². The van der Waals surface area contributed by atoms with E-state index in [1.165, 1.54) is 9.80 Å². The number of carbonyl (C=O) groups is 3. The van der Waals surface area contributed by atoms with Gasteiger partial charge in [0, 0.05) is 20.1 Å². The molecule has 0 bridgehead atoms. The van der Waals surface area contributed by atoms with Crippen LogP contribution in [0, 0.1) is 0 Å². The Hall–Kier alpha value is -2.57. The van der Waals surface area contributed by atoms with Crippen molar-refractivity contribution in [2.24, 2.45) is 0 Å². The summed E-state index contributed by atoms with van der Waals surface area (Å²) < 4.78 is 0. The third-order valence-electron chi connectivity index (χ3n) is 4.39. The van der Waals surface area contributed by atoms with Crippen LogP contribution in [0.15, 0.2) is 30.3 Å². The van der Waals surface area contributed by atoms with Crippen molar-refractivity contribution in [1.29, 1.82) is 0 Å². The third-order valence-corrected chi connectivity index (χ3v) is 4.39. The van der Waals surface area contributed by atoms with Crippen LogP contribution in [0.3, 0.4) is 0 Å². The van der Waals surface area contributed by atoms with Crippen LogP contribution >= 0.6 is 0 Å². The van der Waals surface area contributed by atoms with Crippen molar-refractivity contribution in [2.45, 2.75) is 44.2 Å². The summed E-state index contributed by atoms with van der Waals surface area (Å²) in [6, 6.07) is 5.97. The minimum atomic E-state index is -1.20. The SMILES string of the molecule is CN(C)C(=O)N(C(=O)NC(C(=O)O)c1ccccc1)C1CCCCC1. The predicted octanol–water partition coefficient (Wildman–Crippen LogP) is 2.84. The Morgan fingerprint density at radius 1 is 1.08 bits per heavy atom. The molecule has 0 spiro atoms. The zero-order valence-electron chi connectivity index (χ0n) is 14.6. The largest absolute Gasteiger partial charge is 0.479 e. The Morgan fingerprint density at radius 3 is 2.20 bits per heavy atom. The molecule has 2 rings (SSSR count). The lowest BCUT2D eigenvalue weighted by atomic mass is 9.94. The van der Waals surface area contributed by atoms with Crippen LogP contribution in [-0.2, 0) is 4.79 Å². The molecule has 7 nitrogen and oxygen atoms in total. The lowest BCUT2D eigenvalue weighted by molar-refractivity contribution is -0.139. The van der Waals surface area contributed by atoms with Gasteiger partial charge in [-0.25, -0.2) is 19.3 Å². The molecule has 1 atom stereocenters. The second-order valence-corrected chi connectivity index (χ2v) is 6.47. The second-order valence-electron chi connectivity index (χ2n) is 6.47. The summed E-state index contributed by atoms with van der Waals surface area (Å²) in [6.45, 7) is 0. The van der Waals surface area contributed by atoms with Gasteiger partial charge < -0.3 is 15.3 Å². The molecule has 7 heteroatoms. The third kappa shape index (κ3) is 4.71. The van der Waals surface area contributed by atoms with Gasteiger partial charge in [-0.2, -0.15) is 0 Å². The number of carboxylic acid groups (broad SMARTS) is 1. The fourth-order valence-corrected chi connectivity index (χ4v) is 3.09. The highest BCUT2D eigenvalue weighted by Crippen LogP contribution is 2.24. The molecule has 0 radical (unpaired) electrons. The van der Waals surface area contributed by atoms with Crippen LogP contribution in [0.25, 0.3) is 0 Å². The van der Waals surface area contributed by atoms with Gasteiger partial charge in [0.15, 0.2) is 6.04 Å². The van der Waals surface area contributed by atoms with E-state index >= 15 is 0 Å². The maximum atomic E-state index is 12.8. The monoisotopic (exact) mass is 347 g/mol. The van der Waals surface area contributed by atoms with Crippen LogP contribution in [0.1, 0.15) is 43.7 Å². The molecule has 1 aromatic rings. The summed E-state index contributed by atoms with van der Waals surface area (Å²) in [5, 5.41) is 12.0. The van der Waals surface area contributed by atoms with Gasteiger partial charge in [-0.3, -0.25) is 0 Å². The van der Waals surface area contributed by atoms with Crippen molar-refractivity contribution in [3.05, 3.63) is 35.9 Å². The van der Waals surface area contributed by atoms with Crippen molar-refractivity contribution in [3.8, 4) is 0 Å². The summed E-state index contributed by atoms with van der Waals surface area (Å²) >= 11 is 0. The summed E-state index contributed by atoms with van der Waals surface area (Å²) in [7, 11) is 3.16. The van der Waals surface area contributed by atoms with E-state index in [4.69, 9.17) is 0 Å². The van der Waals surface area contributed by atoms with Crippen molar-refractivity contribution in [3.63, 3.8) is 0 Å². The van der Waals surface area contributed by atoms with E-state index < -0.39 is 24.1 Å². The number of nitrogens with zero attached hydrogens (tertiary/aromatic N) is 2. The maximum absolute atomic E-state index is 12.8. The van der Waals surface area contributed by atoms with Crippen molar-refractivity contribution >= 4 is 18.0 Å². The average molecular weight is 347 g/mol. The molecule has 0 aliphatic heterocycles. The number of aliphatic carboxylic acids is 1. The molecule has 25 heavy (non-hydrogen) atoms. The van der Waals surface area contributed by atoms with Gasteiger partial charge in [0.1, 0.15) is 0 Å². The number of rotatable bonds is 4. The molecule has 2 N–H and O–H groups in total.